The van der Waals surface area contributed by atoms with Gasteiger partial charge >= 0.3 is 0 Å². The zero-order chi connectivity index (χ0) is 19.9. The number of nitro groups is 1. The average molecular weight is 387 g/mol. The summed E-state index contributed by atoms with van der Waals surface area (Å²) in [5.41, 5.74) is 2.37. The van der Waals surface area contributed by atoms with Crippen molar-refractivity contribution >= 4 is 5.70 Å². The summed E-state index contributed by atoms with van der Waals surface area (Å²) in [4.78, 5) is 15.5. The Balaban J connectivity index is 1.97. The molecule has 2 aromatic rings. The van der Waals surface area contributed by atoms with E-state index in [1.54, 1.807) is 25.1 Å². The molecule has 0 bridgehead atoms. The van der Waals surface area contributed by atoms with Gasteiger partial charge in [0.05, 0.1) is 43.2 Å². The quantitative estimate of drug-likeness (QED) is 0.478. The molecule has 0 saturated heterocycles. The first-order valence-corrected chi connectivity index (χ1v) is 9.07. The summed E-state index contributed by atoms with van der Waals surface area (Å²) < 4.78 is 12.1. The van der Waals surface area contributed by atoms with Gasteiger partial charge in [0.1, 0.15) is 5.70 Å². The molecule has 0 radical (unpaired) electrons. The van der Waals surface area contributed by atoms with E-state index in [1.807, 2.05) is 46.3 Å². The molecule has 0 amide bonds. The number of hydrogen-bond acceptors (Lipinski definition) is 7. The van der Waals surface area contributed by atoms with Gasteiger partial charge in [-0.3, -0.25) is 15.0 Å². The number of ether oxygens (including phenoxy) is 2. The van der Waals surface area contributed by atoms with Crippen LogP contribution >= 0.6 is 0 Å². The highest BCUT2D eigenvalue weighted by atomic mass is 16.6. The Hall–Kier alpha value is -2.75. The van der Waals surface area contributed by atoms with Gasteiger partial charge in [-0.1, -0.05) is 18.2 Å². The lowest BCUT2D eigenvalue weighted by atomic mass is 10.1. The van der Waals surface area contributed by atoms with E-state index >= 15 is 0 Å². The van der Waals surface area contributed by atoms with Crippen LogP contribution in [0, 0.1) is 10.1 Å². The third kappa shape index (κ3) is 4.56. The molecule has 9 nitrogen and oxygen atoms in total. The van der Waals surface area contributed by atoms with E-state index in [-0.39, 0.29) is 17.2 Å². The van der Waals surface area contributed by atoms with Crippen molar-refractivity contribution < 1.29 is 14.4 Å². The first-order valence-electron chi connectivity index (χ1n) is 9.07. The fourth-order valence-corrected chi connectivity index (χ4v) is 3.25. The van der Waals surface area contributed by atoms with Crippen molar-refractivity contribution in [3.05, 3.63) is 64.1 Å². The van der Waals surface area contributed by atoms with Gasteiger partial charge in [-0.25, -0.2) is 4.68 Å². The van der Waals surface area contributed by atoms with E-state index in [0.717, 1.165) is 11.3 Å². The first-order chi connectivity index (χ1) is 13.6. The molecule has 0 N–H and O–H groups in total. The predicted molar refractivity (Wildman–Crippen MR) is 104 cm³/mol. The number of para-hydroxylation sites is 1. The Bertz CT molecular complexity index is 821. The van der Waals surface area contributed by atoms with Crippen molar-refractivity contribution in [2.45, 2.75) is 0 Å². The van der Waals surface area contributed by atoms with Crippen LogP contribution in [-0.4, -0.2) is 78.2 Å². The minimum atomic E-state index is -0.298. The second-order valence-electron chi connectivity index (χ2n) is 6.50. The van der Waals surface area contributed by atoms with Gasteiger partial charge in [0.2, 0.25) is 0 Å². The van der Waals surface area contributed by atoms with Gasteiger partial charge in [0.25, 0.3) is 5.70 Å². The van der Waals surface area contributed by atoms with Crippen LogP contribution in [0.5, 0.6) is 0 Å². The van der Waals surface area contributed by atoms with Crippen LogP contribution in [0.2, 0.25) is 0 Å². The van der Waals surface area contributed by atoms with Gasteiger partial charge in [-0.2, -0.15) is 5.10 Å². The topological polar surface area (TPSA) is 85.9 Å². The van der Waals surface area contributed by atoms with Gasteiger partial charge in [0.15, 0.2) is 0 Å². The van der Waals surface area contributed by atoms with Crippen LogP contribution in [0.25, 0.3) is 11.4 Å². The van der Waals surface area contributed by atoms with Crippen LogP contribution < -0.4 is 0 Å². The summed E-state index contributed by atoms with van der Waals surface area (Å²) in [7, 11) is 3.25. The molecule has 0 fully saturated rings. The fraction of sp³-hybridized carbons (Fsp3) is 0.421. The summed E-state index contributed by atoms with van der Waals surface area (Å²) in [6.45, 7) is 2.97. The molecule has 28 heavy (non-hydrogen) atoms. The Labute approximate surface area is 163 Å². The average Bonchev–Trinajstić information content (AvgIpc) is 3.20. The molecule has 1 aromatic heterocycles. The molecule has 0 atom stereocenters. The summed E-state index contributed by atoms with van der Waals surface area (Å²) in [6, 6.07) is 9.67. The summed E-state index contributed by atoms with van der Waals surface area (Å²) in [6.07, 6.45) is 3.51. The minimum Gasteiger partial charge on any atom is -0.383 e. The molecule has 0 aliphatic carbocycles. The highest BCUT2D eigenvalue weighted by Crippen LogP contribution is 2.28. The second-order valence-corrected chi connectivity index (χ2v) is 6.50. The number of hydrogen-bond donors (Lipinski definition) is 0. The van der Waals surface area contributed by atoms with E-state index in [2.05, 4.69) is 5.10 Å². The molecule has 0 spiro atoms. The standard InChI is InChI=1S/C19H25N5O4/c1-27-10-8-21-14-18(24(25)26)19(22(15-21)9-11-28-2)16-12-20-23(13-16)17-6-4-3-5-7-17/h3-7,12-13H,8-11,14-15H2,1-2H3. The van der Waals surface area contributed by atoms with E-state index in [0.29, 0.717) is 38.7 Å². The third-order valence-corrected chi connectivity index (χ3v) is 4.61. The zero-order valence-corrected chi connectivity index (χ0v) is 16.2. The molecule has 2 heterocycles. The highest BCUT2D eigenvalue weighted by Gasteiger charge is 2.33. The molecule has 150 valence electrons. The second kappa shape index (κ2) is 9.45. The molecule has 1 aromatic carbocycles. The number of nitrogens with zero attached hydrogens (tertiary/aromatic N) is 5. The number of rotatable bonds is 9. The van der Waals surface area contributed by atoms with Gasteiger partial charge < -0.3 is 14.4 Å². The van der Waals surface area contributed by atoms with E-state index in [1.165, 1.54) is 0 Å². The molecule has 3 rings (SSSR count). The Morgan fingerprint density at radius 1 is 1.14 bits per heavy atom. The van der Waals surface area contributed by atoms with Crippen LogP contribution in [0.15, 0.2) is 48.4 Å². The van der Waals surface area contributed by atoms with Crippen LogP contribution in [0.4, 0.5) is 0 Å². The number of methoxy groups -OCH3 is 2. The normalized spacial score (nSPS) is 15.3. The summed E-state index contributed by atoms with van der Waals surface area (Å²) in [5, 5.41) is 16.3. The lowest BCUT2D eigenvalue weighted by Crippen LogP contribution is -2.46. The predicted octanol–water partition coefficient (Wildman–Crippen LogP) is 1.69. The van der Waals surface area contributed by atoms with Crippen LogP contribution in [0.1, 0.15) is 5.56 Å². The summed E-state index contributed by atoms with van der Waals surface area (Å²) in [5.74, 6) is 0. The minimum absolute atomic E-state index is 0.158. The summed E-state index contributed by atoms with van der Waals surface area (Å²) >= 11 is 0. The number of aromatic nitrogens is 2. The van der Waals surface area contributed by atoms with Crippen LogP contribution in [0.3, 0.4) is 0 Å². The molecule has 1 aliphatic rings. The van der Waals surface area contributed by atoms with Crippen molar-refractivity contribution in [2.24, 2.45) is 0 Å². The maximum absolute atomic E-state index is 11.9. The van der Waals surface area contributed by atoms with Crippen LogP contribution in [-0.2, 0) is 9.47 Å². The van der Waals surface area contributed by atoms with E-state index in [9.17, 15) is 10.1 Å². The highest BCUT2D eigenvalue weighted by molar-refractivity contribution is 5.66. The van der Waals surface area contributed by atoms with Crippen molar-refractivity contribution in [3.8, 4) is 5.69 Å². The molecule has 9 heteroatoms. The molecule has 0 saturated carbocycles. The van der Waals surface area contributed by atoms with E-state index < -0.39 is 0 Å². The molecule has 1 aliphatic heterocycles. The van der Waals surface area contributed by atoms with Gasteiger partial charge in [-0.15, -0.1) is 0 Å². The van der Waals surface area contributed by atoms with Crippen molar-refractivity contribution in [1.29, 1.82) is 0 Å². The number of benzene rings is 1. The zero-order valence-electron chi connectivity index (χ0n) is 16.2. The van der Waals surface area contributed by atoms with Gasteiger partial charge in [0, 0.05) is 39.1 Å². The third-order valence-electron chi connectivity index (χ3n) is 4.61. The maximum atomic E-state index is 11.9. The first kappa shape index (κ1) is 20.0. The Kier molecular flexibility index (Phi) is 6.75. The largest absolute Gasteiger partial charge is 0.383 e. The fourth-order valence-electron chi connectivity index (χ4n) is 3.25. The lowest BCUT2D eigenvalue weighted by molar-refractivity contribution is -0.429. The monoisotopic (exact) mass is 387 g/mol. The Morgan fingerprint density at radius 2 is 1.86 bits per heavy atom. The molecular weight excluding hydrogens is 362 g/mol. The van der Waals surface area contributed by atoms with Gasteiger partial charge in [-0.05, 0) is 12.1 Å². The van der Waals surface area contributed by atoms with E-state index in [4.69, 9.17) is 9.47 Å². The molecular formula is C19H25N5O4. The van der Waals surface area contributed by atoms with Crippen molar-refractivity contribution in [1.82, 2.24) is 19.6 Å². The smallest absolute Gasteiger partial charge is 0.284 e. The lowest BCUT2D eigenvalue weighted by Gasteiger charge is -2.36. The molecule has 0 unspecified atom stereocenters. The van der Waals surface area contributed by atoms with Crippen molar-refractivity contribution in [3.63, 3.8) is 0 Å². The maximum Gasteiger partial charge on any atom is 0.284 e. The Morgan fingerprint density at radius 3 is 2.54 bits per heavy atom. The SMILES string of the molecule is COCCN1CC([N+](=O)[O-])=C(c2cnn(-c3ccccc3)c2)N(CCOC)C1. The van der Waals surface area contributed by atoms with Crippen molar-refractivity contribution in [2.75, 3.05) is 53.7 Å².